The summed E-state index contributed by atoms with van der Waals surface area (Å²) in [5.41, 5.74) is 6.29. The maximum Gasteiger partial charge on any atom is 0.161 e. The number of hydrogen-bond acceptors (Lipinski definition) is 4. The van der Waals surface area contributed by atoms with Gasteiger partial charge in [0.15, 0.2) is 5.82 Å². The third-order valence-electron chi connectivity index (χ3n) is 3.99. The van der Waals surface area contributed by atoms with Gasteiger partial charge in [0.1, 0.15) is 11.6 Å². The van der Waals surface area contributed by atoms with Crippen LogP contribution in [0.2, 0.25) is 0 Å². The number of hydrogen-bond donors (Lipinski definition) is 2. The zero-order chi connectivity index (χ0) is 14.8. The molecule has 0 bridgehead atoms. The number of rotatable bonds is 2. The molecule has 1 aromatic heterocycles. The van der Waals surface area contributed by atoms with Crippen molar-refractivity contribution < 1.29 is 4.39 Å². The Morgan fingerprint density at radius 1 is 1.14 bits per heavy atom. The molecule has 110 valence electrons. The van der Waals surface area contributed by atoms with Crippen molar-refractivity contribution in [2.75, 3.05) is 5.43 Å². The maximum atomic E-state index is 13.4. The van der Waals surface area contributed by atoms with Crippen LogP contribution in [0.1, 0.15) is 36.1 Å². The van der Waals surface area contributed by atoms with Gasteiger partial charge >= 0.3 is 0 Å². The minimum atomic E-state index is -0.217. The van der Waals surface area contributed by atoms with Crippen molar-refractivity contribution in [3.8, 4) is 11.4 Å². The van der Waals surface area contributed by atoms with Gasteiger partial charge in [-0.3, -0.25) is 0 Å². The Bertz CT molecular complexity index is 670. The molecule has 0 radical (unpaired) electrons. The quantitative estimate of drug-likeness (QED) is 0.506. The molecule has 1 aliphatic rings. The fourth-order valence-corrected chi connectivity index (χ4v) is 2.80. The first-order valence-electron chi connectivity index (χ1n) is 7.32. The van der Waals surface area contributed by atoms with Gasteiger partial charge in [-0.1, -0.05) is 6.42 Å². The van der Waals surface area contributed by atoms with Gasteiger partial charge in [0, 0.05) is 16.8 Å². The van der Waals surface area contributed by atoms with E-state index in [2.05, 4.69) is 10.4 Å². The summed E-state index contributed by atoms with van der Waals surface area (Å²) >= 11 is 0. The summed E-state index contributed by atoms with van der Waals surface area (Å²) in [6.07, 6.45) is 5.37. The molecule has 0 amide bonds. The van der Waals surface area contributed by atoms with E-state index in [4.69, 9.17) is 10.8 Å². The summed E-state index contributed by atoms with van der Waals surface area (Å²) in [6, 6.07) is 4.93. The van der Waals surface area contributed by atoms with Crippen LogP contribution in [-0.4, -0.2) is 9.97 Å². The molecule has 2 aromatic rings. The van der Waals surface area contributed by atoms with Gasteiger partial charge in [-0.15, -0.1) is 0 Å². The van der Waals surface area contributed by atoms with E-state index in [-0.39, 0.29) is 5.82 Å². The Labute approximate surface area is 123 Å². The minimum Gasteiger partial charge on any atom is -0.308 e. The lowest BCUT2D eigenvalue weighted by molar-refractivity contribution is 0.618. The number of fused-ring (bicyclic) bond motifs is 1. The van der Waals surface area contributed by atoms with Gasteiger partial charge in [0.05, 0.1) is 0 Å². The normalized spacial score (nSPS) is 14.4. The van der Waals surface area contributed by atoms with E-state index in [1.807, 2.05) is 0 Å². The molecule has 1 aliphatic carbocycles. The van der Waals surface area contributed by atoms with E-state index in [0.29, 0.717) is 17.2 Å². The lowest BCUT2D eigenvalue weighted by Crippen LogP contribution is -2.14. The summed E-state index contributed by atoms with van der Waals surface area (Å²) < 4.78 is 13.4. The van der Waals surface area contributed by atoms with Gasteiger partial charge in [0.2, 0.25) is 0 Å². The highest BCUT2D eigenvalue weighted by molar-refractivity contribution is 5.60. The smallest absolute Gasteiger partial charge is 0.161 e. The highest BCUT2D eigenvalue weighted by atomic mass is 19.1. The van der Waals surface area contributed by atoms with Gasteiger partial charge < -0.3 is 5.43 Å². The summed E-state index contributed by atoms with van der Waals surface area (Å²) in [7, 11) is 0. The largest absolute Gasteiger partial charge is 0.308 e. The van der Waals surface area contributed by atoms with E-state index in [1.54, 1.807) is 19.1 Å². The maximum absolute atomic E-state index is 13.4. The predicted octanol–water partition coefficient (Wildman–Crippen LogP) is 3.15. The van der Waals surface area contributed by atoms with Crippen molar-refractivity contribution in [1.29, 1.82) is 0 Å². The third-order valence-corrected chi connectivity index (χ3v) is 3.99. The Balaban J connectivity index is 2.10. The SMILES string of the molecule is Cc1cc(-c2nc3c(c(NN)n2)CCCCC3)ccc1F. The summed E-state index contributed by atoms with van der Waals surface area (Å²) in [5.74, 6) is 6.71. The van der Waals surface area contributed by atoms with E-state index in [1.165, 1.54) is 12.5 Å². The van der Waals surface area contributed by atoms with Crippen LogP contribution < -0.4 is 11.3 Å². The van der Waals surface area contributed by atoms with Crippen molar-refractivity contribution in [1.82, 2.24) is 9.97 Å². The van der Waals surface area contributed by atoms with E-state index >= 15 is 0 Å². The molecular formula is C16H19FN4. The number of nitrogen functional groups attached to an aromatic ring is 1. The molecule has 5 heteroatoms. The van der Waals surface area contributed by atoms with E-state index in [9.17, 15) is 4.39 Å². The Hall–Kier alpha value is -2.01. The molecule has 0 saturated carbocycles. The number of nitrogens with zero attached hydrogens (tertiary/aromatic N) is 2. The van der Waals surface area contributed by atoms with Gasteiger partial charge in [-0.25, -0.2) is 20.2 Å². The lowest BCUT2D eigenvalue weighted by atomic mass is 10.1. The molecule has 0 spiro atoms. The first-order chi connectivity index (χ1) is 10.2. The number of anilines is 1. The van der Waals surface area contributed by atoms with Crippen LogP contribution in [0.25, 0.3) is 11.4 Å². The standard InChI is InChI=1S/C16H19FN4/c1-10-9-11(7-8-13(10)17)15-19-14-6-4-2-3-5-12(14)16(20-15)21-18/h7-9H,2-6,18H2,1H3,(H,19,20,21). The van der Waals surface area contributed by atoms with Crippen molar-refractivity contribution in [2.45, 2.75) is 39.0 Å². The van der Waals surface area contributed by atoms with Gasteiger partial charge in [0.25, 0.3) is 0 Å². The Kier molecular flexibility index (Phi) is 3.84. The first kappa shape index (κ1) is 13.9. The van der Waals surface area contributed by atoms with Crippen LogP contribution in [0.4, 0.5) is 10.2 Å². The Morgan fingerprint density at radius 2 is 1.95 bits per heavy atom. The average molecular weight is 286 g/mol. The molecular weight excluding hydrogens is 267 g/mol. The number of halogens is 1. The molecule has 4 nitrogen and oxygen atoms in total. The molecule has 1 heterocycles. The van der Waals surface area contributed by atoms with Crippen molar-refractivity contribution >= 4 is 5.82 Å². The third kappa shape index (κ3) is 2.74. The number of hydrazine groups is 1. The molecule has 0 atom stereocenters. The van der Waals surface area contributed by atoms with Crippen LogP contribution in [0.5, 0.6) is 0 Å². The van der Waals surface area contributed by atoms with Crippen molar-refractivity contribution in [2.24, 2.45) is 5.84 Å². The minimum absolute atomic E-state index is 0.217. The van der Waals surface area contributed by atoms with Gasteiger partial charge in [-0.05, 0) is 56.4 Å². The number of aryl methyl sites for hydroxylation is 2. The fraction of sp³-hybridized carbons (Fsp3) is 0.375. The molecule has 0 fully saturated rings. The van der Waals surface area contributed by atoms with Gasteiger partial charge in [-0.2, -0.15) is 0 Å². The average Bonchev–Trinajstić information content (AvgIpc) is 2.74. The van der Waals surface area contributed by atoms with Crippen LogP contribution in [0.15, 0.2) is 18.2 Å². The second kappa shape index (κ2) is 5.77. The second-order valence-corrected chi connectivity index (χ2v) is 5.49. The number of aromatic nitrogens is 2. The monoisotopic (exact) mass is 286 g/mol. The van der Waals surface area contributed by atoms with Crippen LogP contribution in [0.3, 0.4) is 0 Å². The lowest BCUT2D eigenvalue weighted by Gasteiger charge is -2.13. The number of nitrogens with two attached hydrogens (primary N) is 1. The van der Waals surface area contributed by atoms with Crippen molar-refractivity contribution in [3.63, 3.8) is 0 Å². The fourth-order valence-electron chi connectivity index (χ4n) is 2.80. The molecule has 0 aliphatic heterocycles. The molecule has 3 rings (SSSR count). The Morgan fingerprint density at radius 3 is 2.71 bits per heavy atom. The van der Waals surface area contributed by atoms with E-state index in [0.717, 1.165) is 42.5 Å². The number of nitrogens with one attached hydrogen (secondary N) is 1. The highest BCUT2D eigenvalue weighted by Crippen LogP contribution is 2.28. The molecule has 0 saturated heterocycles. The molecule has 1 aromatic carbocycles. The number of benzene rings is 1. The molecule has 3 N–H and O–H groups in total. The van der Waals surface area contributed by atoms with Crippen LogP contribution in [0, 0.1) is 12.7 Å². The summed E-state index contributed by atoms with van der Waals surface area (Å²) in [6.45, 7) is 1.74. The van der Waals surface area contributed by atoms with E-state index < -0.39 is 0 Å². The van der Waals surface area contributed by atoms with Crippen LogP contribution >= 0.6 is 0 Å². The second-order valence-electron chi connectivity index (χ2n) is 5.49. The molecule has 21 heavy (non-hydrogen) atoms. The first-order valence-corrected chi connectivity index (χ1v) is 7.32. The predicted molar refractivity (Wildman–Crippen MR) is 81.2 cm³/mol. The summed E-state index contributed by atoms with van der Waals surface area (Å²) in [5, 5.41) is 0. The molecule has 0 unspecified atom stereocenters. The topological polar surface area (TPSA) is 63.8 Å². The van der Waals surface area contributed by atoms with Crippen LogP contribution in [-0.2, 0) is 12.8 Å². The zero-order valence-electron chi connectivity index (χ0n) is 12.1. The summed E-state index contributed by atoms with van der Waals surface area (Å²) in [4.78, 5) is 9.21. The zero-order valence-corrected chi connectivity index (χ0v) is 12.1. The van der Waals surface area contributed by atoms with Crippen molar-refractivity contribution in [3.05, 3.63) is 40.8 Å². The highest BCUT2D eigenvalue weighted by Gasteiger charge is 2.17.